The van der Waals surface area contributed by atoms with Crippen molar-refractivity contribution in [3.05, 3.63) is 56.2 Å². The number of nitrogens with one attached hydrogen (secondary N) is 1. The van der Waals surface area contributed by atoms with Crippen LogP contribution in [-0.4, -0.2) is 21.0 Å². The Morgan fingerprint density at radius 1 is 1.20 bits per heavy atom. The number of hydrogen-bond acceptors (Lipinski definition) is 5. The molecule has 0 aliphatic heterocycles. The summed E-state index contributed by atoms with van der Waals surface area (Å²) >= 11 is 11.4. The lowest BCUT2D eigenvalue weighted by atomic mass is 10.1. The van der Waals surface area contributed by atoms with Crippen LogP contribution >= 0.6 is 23.2 Å². The number of benzene rings is 1. The zero-order valence-corrected chi connectivity index (χ0v) is 11.2. The van der Waals surface area contributed by atoms with Gasteiger partial charge in [-0.1, -0.05) is 29.3 Å². The van der Waals surface area contributed by atoms with Crippen LogP contribution in [0.5, 0.6) is 0 Å². The molecule has 0 spiro atoms. The van der Waals surface area contributed by atoms with E-state index in [0.717, 1.165) is 0 Å². The Hall–Kier alpha value is -2.25. The normalized spacial score (nSPS) is 10.1. The lowest BCUT2D eigenvalue weighted by Gasteiger charge is -2.06. The molecule has 2 aromatic rings. The van der Waals surface area contributed by atoms with Crippen molar-refractivity contribution >= 4 is 40.6 Å². The number of hydrogen-bond donors (Lipinski definition) is 1. The molecule has 9 heteroatoms. The average Bonchev–Trinajstić information content (AvgIpc) is 2.40. The van der Waals surface area contributed by atoms with E-state index in [1.165, 1.54) is 30.3 Å². The fourth-order valence-corrected chi connectivity index (χ4v) is 1.81. The van der Waals surface area contributed by atoms with Gasteiger partial charge in [0.2, 0.25) is 0 Å². The number of nitrogens with zero attached hydrogens (tertiary/aromatic N) is 3. The van der Waals surface area contributed by atoms with E-state index in [0.29, 0.717) is 0 Å². The van der Waals surface area contributed by atoms with Gasteiger partial charge in [0.15, 0.2) is 11.0 Å². The summed E-state index contributed by atoms with van der Waals surface area (Å²) in [4.78, 5) is 22.3. The van der Waals surface area contributed by atoms with E-state index in [4.69, 9.17) is 23.2 Å². The molecule has 1 aromatic heterocycles. The molecule has 20 heavy (non-hydrogen) atoms. The first-order valence-electron chi connectivity index (χ1n) is 5.22. The van der Waals surface area contributed by atoms with Crippen molar-refractivity contribution in [1.29, 1.82) is 0 Å². The van der Waals surface area contributed by atoms with Gasteiger partial charge in [0, 0.05) is 6.07 Å². The van der Waals surface area contributed by atoms with E-state index in [1.54, 1.807) is 0 Å². The summed E-state index contributed by atoms with van der Waals surface area (Å²) in [5, 5.41) is 20.5. The molecule has 7 nitrogen and oxygen atoms in total. The Morgan fingerprint density at radius 3 is 2.55 bits per heavy atom. The molecule has 2 rings (SSSR count). The van der Waals surface area contributed by atoms with E-state index < -0.39 is 16.5 Å². The maximum atomic E-state index is 12.0. The van der Waals surface area contributed by atoms with Crippen molar-refractivity contribution in [2.45, 2.75) is 0 Å². The van der Waals surface area contributed by atoms with Gasteiger partial charge in [-0.15, -0.1) is 10.2 Å². The molecule has 0 radical (unpaired) electrons. The van der Waals surface area contributed by atoms with E-state index in [9.17, 15) is 14.9 Å². The van der Waals surface area contributed by atoms with Crippen LogP contribution in [0.25, 0.3) is 0 Å². The Bertz CT molecular complexity index is 676. The highest BCUT2D eigenvalue weighted by molar-refractivity contribution is 6.35. The molecule has 0 saturated heterocycles. The predicted molar refractivity (Wildman–Crippen MR) is 73.1 cm³/mol. The highest BCUT2D eigenvalue weighted by Gasteiger charge is 2.23. The van der Waals surface area contributed by atoms with E-state index >= 15 is 0 Å². The summed E-state index contributed by atoms with van der Waals surface area (Å²) < 4.78 is 0. The molecule has 0 bridgehead atoms. The number of anilines is 1. The van der Waals surface area contributed by atoms with Crippen molar-refractivity contribution in [2.24, 2.45) is 0 Å². The molecule has 0 atom stereocenters. The summed E-state index contributed by atoms with van der Waals surface area (Å²) in [6.45, 7) is 0. The van der Waals surface area contributed by atoms with Gasteiger partial charge in [-0.2, -0.15) is 0 Å². The fraction of sp³-hybridized carbons (Fsp3) is 0. The van der Waals surface area contributed by atoms with Crippen LogP contribution in [0.1, 0.15) is 10.4 Å². The lowest BCUT2D eigenvalue weighted by molar-refractivity contribution is -0.385. The highest BCUT2D eigenvalue weighted by atomic mass is 35.5. The predicted octanol–water partition coefficient (Wildman–Crippen LogP) is 2.94. The fourth-order valence-electron chi connectivity index (χ4n) is 1.45. The van der Waals surface area contributed by atoms with Crippen molar-refractivity contribution in [3.8, 4) is 0 Å². The zero-order valence-electron chi connectivity index (χ0n) is 9.71. The number of nitro groups is 1. The van der Waals surface area contributed by atoms with Gasteiger partial charge in [0.05, 0.1) is 9.95 Å². The molecule has 1 heterocycles. The standard InChI is InChI=1S/C11H6Cl2N4O3/c12-6-2-1-3-7(17(19)20)10(6)11(18)14-9-5-4-8(13)15-16-9/h1-5H,(H,14,16,18). The molecule has 0 aliphatic carbocycles. The van der Waals surface area contributed by atoms with Gasteiger partial charge >= 0.3 is 0 Å². The Morgan fingerprint density at radius 2 is 1.95 bits per heavy atom. The first kappa shape index (κ1) is 14.2. The van der Waals surface area contributed by atoms with Crippen LogP contribution in [0.4, 0.5) is 11.5 Å². The number of aromatic nitrogens is 2. The van der Waals surface area contributed by atoms with Gasteiger partial charge < -0.3 is 5.32 Å². The maximum Gasteiger partial charge on any atom is 0.283 e. The first-order valence-corrected chi connectivity index (χ1v) is 5.98. The molecule has 1 N–H and O–H groups in total. The van der Waals surface area contributed by atoms with Crippen LogP contribution in [-0.2, 0) is 0 Å². The second kappa shape index (κ2) is 5.81. The van der Waals surface area contributed by atoms with Crippen molar-refractivity contribution in [3.63, 3.8) is 0 Å². The molecule has 1 aromatic carbocycles. The number of amides is 1. The third-order valence-electron chi connectivity index (χ3n) is 2.29. The number of carbonyl (C=O) groups is 1. The number of nitro benzene ring substituents is 1. The van der Waals surface area contributed by atoms with Gasteiger partial charge in [-0.05, 0) is 18.2 Å². The minimum Gasteiger partial charge on any atom is -0.305 e. The third kappa shape index (κ3) is 3.01. The van der Waals surface area contributed by atoms with Gasteiger partial charge in [0.1, 0.15) is 5.56 Å². The van der Waals surface area contributed by atoms with Crippen molar-refractivity contribution < 1.29 is 9.72 Å². The minimum atomic E-state index is -0.751. The molecule has 0 fully saturated rings. The van der Waals surface area contributed by atoms with Gasteiger partial charge in [-0.3, -0.25) is 14.9 Å². The highest BCUT2D eigenvalue weighted by Crippen LogP contribution is 2.26. The maximum absolute atomic E-state index is 12.0. The monoisotopic (exact) mass is 312 g/mol. The van der Waals surface area contributed by atoms with E-state index in [1.807, 2.05) is 0 Å². The van der Waals surface area contributed by atoms with Gasteiger partial charge in [-0.25, -0.2) is 0 Å². The van der Waals surface area contributed by atoms with Crippen LogP contribution in [0.3, 0.4) is 0 Å². The second-order valence-corrected chi connectivity index (χ2v) is 4.38. The van der Waals surface area contributed by atoms with Crippen LogP contribution < -0.4 is 5.32 Å². The Balaban J connectivity index is 2.34. The van der Waals surface area contributed by atoms with Crippen molar-refractivity contribution in [1.82, 2.24) is 10.2 Å². The largest absolute Gasteiger partial charge is 0.305 e. The smallest absolute Gasteiger partial charge is 0.283 e. The number of halogens is 2. The Labute approximate surface area is 122 Å². The SMILES string of the molecule is O=C(Nc1ccc(Cl)nn1)c1c(Cl)cccc1[N+](=O)[O-]. The minimum absolute atomic E-state index is 0.0291. The summed E-state index contributed by atoms with van der Waals surface area (Å²) in [6.07, 6.45) is 0. The molecule has 102 valence electrons. The van der Waals surface area contributed by atoms with Crippen LogP contribution in [0, 0.1) is 10.1 Å². The first-order chi connectivity index (χ1) is 9.49. The van der Waals surface area contributed by atoms with Gasteiger partial charge in [0.25, 0.3) is 11.6 Å². The van der Waals surface area contributed by atoms with Crippen LogP contribution in [0.2, 0.25) is 10.2 Å². The molecular weight excluding hydrogens is 307 g/mol. The summed E-state index contributed by atoms with van der Waals surface area (Å²) in [5.74, 6) is -0.646. The van der Waals surface area contributed by atoms with E-state index in [-0.39, 0.29) is 21.6 Å². The molecule has 0 aliphatic rings. The van der Waals surface area contributed by atoms with E-state index in [2.05, 4.69) is 15.5 Å². The zero-order chi connectivity index (χ0) is 14.7. The quantitative estimate of drug-likeness (QED) is 0.694. The molecule has 1 amide bonds. The summed E-state index contributed by atoms with van der Waals surface area (Å²) in [7, 11) is 0. The molecule has 0 saturated carbocycles. The Kier molecular flexibility index (Phi) is 4.11. The summed E-state index contributed by atoms with van der Waals surface area (Å²) in [5.41, 5.74) is -0.632. The topological polar surface area (TPSA) is 98.0 Å². The lowest BCUT2D eigenvalue weighted by Crippen LogP contribution is -2.15. The van der Waals surface area contributed by atoms with Crippen molar-refractivity contribution in [2.75, 3.05) is 5.32 Å². The number of carbonyl (C=O) groups excluding carboxylic acids is 1. The molecule has 0 unspecified atom stereocenters. The van der Waals surface area contributed by atoms with Crippen LogP contribution in [0.15, 0.2) is 30.3 Å². The number of rotatable bonds is 3. The molecular formula is C11H6Cl2N4O3. The average molecular weight is 313 g/mol. The summed E-state index contributed by atoms with van der Waals surface area (Å²) in [6, 6.07) is 6.80. The third-order valence-corrected chi connectivity index (χ3v) is 2.81. The second-order valence-electron chi connectivity index (χ2n) is 3.59.